The van der Waals surface area contributed by atoms with Gasteiger partial charge in [0.1, 0.15) is 0 Å². The fourth-order valence-corrected chi connectivity index (χ4v) is 2.63. The molecule has 15 heavy (non-hydrogen) atoms. The Kier molecular flexibility index (Phi) is 3.35. The van der Waals surface area contributed by atoms with Crippen LogP contribution in [0.4, 0.5) is 5.69 Å². The zero-order valence-electron chi connectivity index (χ0n) is 9.39. The second-order valence-corrected chi connectivity index (χ2v) is 5.73. The zero-order chi connectivity index (χ0) is 10.8. The van der Waals surface area contributed by atoms with Crippen molar-refractivity contribution in [1.29, 1.82) is 0 Å². The van der Waals surface area contributed by atoms with Crippen LogP contribution in [-0.2, 0) is 6.42 Å². The minimum Gasteiger partial charge on any atom is -0.382 e. The topological polar surface area (TPSA) is 12.0 Å². The first kappa shape index (κ1) is 11.0. The summed E-state index contributed by atoms with van der Waals surface area (Å²) in [4.78, 5) is 0. The number of benzene rings is 1. The molecule has 0 bridgehead atoms. The third-order valence-electron chi connectivity index (χ3n) is 2.95. The molecule has 1 aromatic rings. The Hall–Kier alpha value is -0.500. The molecule has 2 heteroatoms. The highest BCUT2D eigenvalue weighted by molar-refractivity contribution is 9.10. The van der Waals surface area contributed by atoms with Crippen molar-refractivity contribution in [3.05, 3.63) is 28.2 Å². The Morgan fingerprint density at radius 3 is 3.00 bits per heavy atom. The third kappa shape index (κ3) is 2.75. The van der Waals surface area contributed by atoms with Crippen molar-refractivity contribution in [1.82, 2.24) is 0 Å². The van der Waals surface area contributed by atoms with E-state index in [-0.39, 0.29) is 0 Å². The Morgan fingerprint density at radius 1 is 1.47 bits per heavy atom. The highest BCUT2D eigenvalue weighted by atomic mass is 79.9. The van der Waals surface area contributed by atoms with Gasteiger partial charge >= 0.3 is 0 Å². The van der Waals surface area contributed by atoms with Crippen LogP contribution in [0.3, 0.4) is 0 Å². The lowest BCUT2D eigenvalue weighted by Crippen LogP contribution is -2.26. The lowest BCUT2D eigenvalue weighted by molar-refractivity contribution is 0.487. The summed E-state index contributed by atoms with van der Waals surface area (Å²) in [5, 5.41) is 3.64. The number of nitrogens with one attached hydrogen (secondary N) is 1. The van der Waals surface area contributed by atoms with Crippen LogP contribution in [-0.4, -0.2) is 6.04 Å². The number of rotatable bonds is 2. The van der Waals surface area contributed by atoms with E-state index < -0.39 is 0 Å². The first-order valence-corrected chi connectivity index (χ1v) is 6.49. The van der Waals surface area contributed by atoms with Gasteiger partial charge in [-0.2, -0.15) is 0 Å². The first-order chi connectivity index (χ1) is 7.15. The molecule has 1 atom stereocenters. The molecule has 1 unspecified atom stereocenters. The van der Waals surface area contributed by atoms with Crippen molar-refractivity contribution in [3.8, 4) is 0 Å². The summed E-state index contributed by atoms with van der Waals surface area (Å²) < 4.78 is 1.17. The molecular formula is C13H18BrN. The summed E-state index contributed by atoms with van der Waals surface area (Å²) in [6.07, 6.45) is 3.76. The van der Waals surface area contributed by atoms with E-state index in [1.54, 1.807) is 0 Å². The SMILES string of the molecule is CC(C)CC1CCc2ccc(Br)cc2N1. The standard InChI is InChI=1S/C13H18BrN/c1-9(2)7-12-6-4-10-3-5-11(14)8-13(10)15-12/h3,5,8-9,12,15H,4,6-7H2,1-2H3. The number of anilines is 1. The van der Waals surface area contributed by atoms with Crippen molar-refractivity contribution < 1.29 is 0 Å². The van der Waals surface area contributed by atoms with E-state index in [4.69, 9.17) is 0 Å². The molecule has 0 radical (unpaired) electrons. The van der Waals surface area contributed by atoms with Gasteiger partial charge in [0.2, 0.25) is 0 Å². The molecule has 1 heterocycles. The van der Waals surface area contributed by atoms with Crippen LogP contribution in [0.15, 0.2) is 22.7 Å². The molecule has 1 N–H and O–H groups in total. The van der Waals surface area contributed by atoms with Crippen LogP contribution in [0.2, 0.25) is 0 Å². The predicted molar refractivity (Wildman–Crippen MR) is 69.3 cm³/mol. The Morgan fingerprint density at radius 2 is 2.27 bits per heavy atom. The molecule has 2 rings (SSSR count). The summed E-state index contributed by atoms with van der Waals surface area (Å²) in [7, 11) is 0. The van der Waals surface area contributed by atoms with E-state index in [9.17, 15) is 0 Å². The number of fused-ring (bicyclic) bond motifs is 1. The molecule has 0 spiro atoms. The van der Waals surface area contributed by atoms with Gasteiger partial charge < -0.3 is 5.32 Å². The van der Waals surface area contributed by atoms with Crippen molar-refractivity contribution in [2.75, 3.05) is 5.32 Å². The second kappa shape index (κ2) is 4.56. The normalized spacial score (nSPS) is 19.9. The molecule has 1 aliphatic heterocycles. The van der Waals surface area contributed by atoms with E-state index >= 15 is 0 Å². The smallest absolute Gasteiger partial charge is 0.0386 e. The molecule has 0 saturated carbocycles. The summed E-state index contributed by atoms with van der Waals surface area (Å²) >= 11 is 3.52. The average Bonchev–Trinajstić information content (AvgIpc) is 2.16. The second-order valence-electron chi connectivity index (χ2n) is 4.81. The van der Waals surface area contributed by atoms with E-state index in [1.807, 2.05) is 0 Å². The van der Waals surface area contributed by atoms with Crippen LogP contribution < -0.4 is 5.32 Å². The van der Waals surface area contributed by atoms with Gasteiger partial charge in [0, 0.05) is 16.2 Å². The van der Waals surface area contributed by atoms with E-state index in [0.29, 0.717) is 6.04 Å². The summed E-state index contributed by atoms with van der Waals surface area (Å²) in [5.41, 5.74) is 2.78. The van der Waals surface area contributed by atoms with Crippen molar-refractivity contribution in [3.63, 3.8) is 0 Å². The van der Waals surface area contributed by atoms with Crippen LogP contribution in [0, 0.1) is 5.92 Å². The highest BCUT2D eigenvalue weighted by Gasteiger charge is 2.18. The maximum absolute atomic E-state index is 3.64. The molecule has 0 fully saturated rings. The largest absolute Gasteiger partial charge is 0.382 e. The van der Waals surface area contributed by atoms with Gasteiger partial charge in [0.25, 0.3) is 0 Å². The fraction of sp³-hybridized carbons (Fsp3) is 0.538. The van der Waals surface area contributed by atoms with Gasteiger partial charge in [-0.1, -0.05) is 35.8 Å². The monoisotopic (exact) mass is 267 g/mol. The minimum atomic E-state index is 0.659. The fourth-order valence-electron chi connectivity index (χ4n) is 2.27. The van der Waals surface area contributed by atoms with Gasteiger partial charge in [0.05, 0.1) is 0 Å². The molecule has 1 aliphatic rings. The Labute approximate surface area is 100 Å². The third-order valence-corrected chi connectivity index (χ3v) is 3.44. The number of hydrogen-bond donors (Lipinski definition) is 1. The lowest BCUT2D eigenvalue weighted by Gasteiger charge is -2.28. The van der Waals surface area contributed by atoms with Gasteiger partial charge in [-0.25, -0.2) is 0 Å². The molecule has 1 nitrogen and oxygen atoms in total. The Balaban J connectivity index is 2.11. The van der Waals surface area contributed by atoms with Crippen LogP contribution >= 0.6 is 15.9 Å². The van der Waals surface area contributed by atoms with Gasteiger partial charge in [-0.05, 0) is 42.9 Å². The molecule has 0 aliphatic carbocycles. The van der Waals surface area contributed by atoms with Crippen LogP contribution in [0.5, 0.6) is 0 Å². The molecule has 0 aromatic heterocycles. The molecule has 0 amide bonds. The maximum atomic E-state index is 3.64. The molecular weight excluding hydrogens is 250 g/mol. The highest BCUT2D eigenvalue weighted by Crippen LogP contribution is 2.29. The number of aryl methyl sites for hydroxylation is 1. The molecule has 1 aromatic carbocycles. The molecule has 82 valence electrons. The minimum absolute atomic E-state index is 0.659. The Bertz CT molecular complexity index is 346. The van der Waals surface area contributed by atoms with E-state index in [0.717, 1.165) is 5.92 Å². The van der Waals surface area contributed by atoms with Crippen molar-refractivity contribution in [2.24, 2.45) is 5.92 Å². The van der Waals surface area contributed by atoms with Crippen molar-refractivity contribution in [2.45, 2.75) is 39.2 Å². The predicted octanol–water partition coefficient (Wildman–Crippen LogP) is 4.22. The maximum Gasteiger partial charge on any atom is 0.0386 e. The summed E-state index contributed by atoms with van der Waals surface area (Å²) in [5.74, 6) is 0.774. The van der Waals surface area contributed by atoms with Gasteiger partial charge in [0.15, 0.2) is 0 Å². The van der Waals surface area contributed by atoms with Crippen molar-refractivity contribution >= 4 is 21.6 Å². The van der Waals surface area contributed by atoms with Gasteiger partial charge in [-0.3, -0.25) is 0 Å². The first-order valence-electron chi connectivity index (χ1n) is 5.70. The number of halogens is 1. The van der Waals surface area contributed by atoms with Crippen LogP contribution in [0.25, 0.3) is 0 Å². The zero-order valence-corrected chi connectivity index (χ0v) is 11.0. The number of hydrogen-bond acceptors (Lipinski definition) is 1. The average molecular weight is 268 g/mol. The molecule has 0 saturated heterocycles. The lowest BCUT2D eigenvalue weighted by atomic mass is 9.93. The summed E-state index contributed by atoms with van der Waals surface area (Å²) in [6, 6.07) is 7.20. The van der Waals surface area contributed by atoms with Gasteiger partial charge in [-0.15, -0.1) is 0 Å². The van der Waals surface area contributed by atoms with Crippen LogP contribution in [0.1, 0.15) is 32.3 Å². The van der Waals surface area contributed by atoms with E-state index in [1.165, 1.54) is 35.0 Å². The van der Waals surface area contributed by atoms with E-state index in [2.05, 4.69) is 53.3 Å². The quantitative estimate of drug-likeness (QED) is 0.846. The summed E-state index contributed by atoms with van der Waals surface area (Å²) in [6.45, 7) is 4.58.